The maximum absolute atomic E-state index is 5.35. The van der Waals surface area contributed by atoms with E-state index in [0.717, 1.165) is 23.8 Å². The van der Waals surface area contributed by atoms with Crippen LogP contribution in [0.3, 0.4) is 0 Å². The van der Waals surface area contributed by atoms with E-state index in [1.165, 1.54) is 0 Å². The standard InChI is InChI=1S/C13H19N5O2/c1-10(14-8-9-19-2)13-15-16-17-18(13)11-6-4-5-7-12(11)20-3/h4-7,10,14H,8-9H2,1-3H3. The largest absolute Gasteiger partial charge is 0.494 e. The van der Waals surface area contributed by atoms with Crippen LogP contribution in [0.4, 0.5) is 0 Å². The van der Waals surface area contributed by atoms with E-state index < -0.39 is 0 Å². The highest BCUT2D eigenvalue weighted by Crippen LogP contribution is 2.23. The molecule has 0 saturated heterocycles. The van der Waals surface area contributed by atoms with E-state index in [4.69, 9.17) is 9.47 Å². The molecule has 0 aliphatic heterocycles. The van der Waals surface area contributed by atoms with Crippen molar-refractivity contribution in [1.29, 1.82) is 0 Å². The second kappa shape index (κ2) is 6.97. The van der Waals surface area contributed by atoms with Gasteiger partial charge in [0.1, 0.15) is 11.4 Å². The van der Waals surface area contributed by atoms with Crippen LogP contribution >= 0.6 is 0 Å². The Balaban J connectivity index is 2.23. The lowest BCUT2D eigenvalue weighted by molar-refractivity contribution is 0.196. The minimum absolute atomic E-state index is 0.00469. The van der Waals surface area contributed by atoms with E-state index in [1.54, 1.807) is 18.9 Å². The number of hydrogen-bond donors (Lipinski definition) is 1. The van der Waals surface area contributed by atoms with Gasteiger partial charge in [-0.1, -0.05) is 12.1 Å². The molecule has 20 heavy (non-hydrogen) atoms. The van der Waals surface area contributed by atoms with Gasteiger partial charge in [-0.25, -0.2) is 0 Å². The molecule has 0 bridgehead atoms. The number of para-hydroxylation sites is 2. The number of nitrogens with one attached hydrogen (secondary N) is 1. The summed E-state index contributed by atoms with van der Waals surface area (Å²) in [6, 6.07) is 7.63. The van der Waals surface area contributed by atoms with Crippen molar-refractivity contribution >= 4 is 0 Å². The summed E-state index contributed by atoms with van der Waals surface area (Å²) in [5.74, 6) is 1.45. The Morgan fingerprint density at radius 1 is 1.30 bits per heavy atom. The van der Waals surface area contributed by atoms with Crippen molar-refractivity contribution in [3.63, 3.8) is 0 Å². The Hall–Kier alpha value is -1.99. The third kappa shape index (κ3) is 3.12. The number of ether oxygens (including phenoxy) is 2. The summed E-state index contributed by atoms with van der Waals surface area (Å²) in [6.07, 6.45) is 0. The Labute approximate surface area is 117 Å². The fraction of sp³-hybridized carbons (Fsp3) is 0.462. The fourth-order valence-corrected chi connectivity index (χ4v) is 1.91. The molecule has 0 radical (unpaired) electrons. The molecule has 1 heterocycles. The van der Waals surface area contributed by atoms with Crippen LogP contribution in [0.2, 0.25) is 0 Å². The number of rotatable bonds is 7. The molecule has 108 valence electrons. The molecule has 7 nitrogen and oxygen atoms in total. The van der Waals surface area contributed by atoms with Crippen molar-refractivity contribution in [1.82, 2.24) is 25.5 Å². The smallest absolute Gasteiger partial charge is 0.173 e. The van der Waals surface area contributed by atoms with Gasteiger partial charge < -0.3 is 14.8 Å². The number of hydrogen-bond acceptors (Lipinski definition) is 6. The number of tetrazole rings is 1. The highest BCUT2D eigenvalue weighted by atomic mass is 16.5. The quantitative estimate of drug-likeness (QED) is 0.760. The van der Waals surface area contributed by atoms with Crippen LogP contribution in [0.1, 0.15) is 18.8 Å². The third-order valence-corrected chi connectivity index (χ3v) is 2.95. The zero-order chi connectivity index (χ0) is 14.4. The topological polar surface area (TPSA) is 74.1 Å². The number of aromatic nitrogens is 4. The molecule has 1 aromatic carbocycles. The van der Waals surface area contributed by atoms with Crippen molar-refractivity contribution in [2.75, 3.05) is 27.4 Å². The van der Waals surface area contributed by atoms with E-state index in [9.17, 15) is 0 Å². The Kier molecular flexibility index (Phi) is 5.03. The summed E-state index contributed by atoms with van der Waals surface area (Å²) in [5.41, 5.74) is 0.815. The van der Waals surface area contributed by atoms with E-state index in [2.05, 4.69) is 20.8 Å². The van der Waals surface area contributed by atoms with Gasteiger partial charge in [0.25, 0.3) is 0 Å². The van der Waals surface area contributed by atoms with Crippen LogP contribution in [0.15, 0.2) is 24.3 Å². The Morgan fingerprint density at radius 3 is 2.85 bits per heavy atom. The van der Waals surface area contributed by atoms with Crippen molar-refractivity contribution < 1.29 is 9.47 Å². The second-order valence-electron chi connectivity index (χ2n) is 4.29. The summed E-state index contributed by atoms with van der Waals surface area (Å²) >= 11 is 0. The Morgan fingerprint density at radius 2 is 2.10 bits per heavy atom. The van der Waals surface area contributed by atoms with E-state index in [1.807, 2.05) is 31.2 Å². The molecule has 1 atom stereocenters. The van der Waals surface area contributed by atoms with Crippen LogP contribution < -0.4 is 10.1 Å². The lowest BCUT2D eigenvalue weighted by atomic mass is 10.2. The van der Waals surface area contributed by atoms with Crippen LogP contribution in [0.25, 0.3) is 5.69 Å². The molecule has 0 amide bonds. The summed E-state index contributed by atoms with van der Waals surface area (Å²) in [4.78, 5) is 0. The Bertz CT molecular complexity index is 543. The van der Waals surface area contributed by atoms with Gasteiger partial charge in [0.05, 0.1) is 19.8 Å². The van der Waals surface area contributed by atoms with Gasteiger partial charge in [0.15, 0.2) is 5.82 Å². The van der Waals surface area contributed by atoms with Crippen molar-refractivity contribution in [3.05, 3.63) is 30.1 Å². The molecular weight excluding hydrogens is 258 g/mol. The fourth-order valence-electron chi connectivity index (χ4n) is 1.91. The number of methoxy groups -OCH3 is 2. The van der Waals surface area contributed by atoms with Crippen molar-refractivity contribution in [3.8, 4) is 11.4 Å². The van der Waals surface area contributed by atoms with Gasteiger partial charge in [0, 0.05) is 13.7 Å². The molecule has 0 spiro atoms. The van der Waals surface area contributed by atoms with Gasteiger partial charge in [0.2, 0.25) is 0 Å². The summed E-state index contributed by atoms with van der Waals surface area (Å²) in [6.45, 7) is 3.38. The molecule has 0 fully saturated rings. The average molecular weight is 277 g/mol. The average Bonchev–Trinajstić information content (AvgIpc) is 2.96. The van der Waals surface area contributed by atoms with Crippen molar-refractivity contribution in [2.45, 2.75) is 13.0 Å². The predicted octanol–water partition coefficient (Wildman–Crippen LogP) is 0.968. The minimum Gasteiger partial charge on any atom is -0.494 e. The first-order valence-corrected chi connectivity index (χ1v) is 6.42. The van der Waals surface area contributed by atoms with Crippen molar-refractivity contribution in [2.24, 2.45) is 0 Å². The van der Waals surface area contributed by atoms with Crippen LogP contribution in [0.5, 0.6) is 5.75 Å². The van der Waals surface area contributed by atoms with E-state index in [0.29, 0.717) is 6.61 Å². The zero-order valence-corrected chi connectivity index (χ0v) is 11.9. The highest BCUT2D eigenvalue weighted by molar-refractivity contribution is 5.46. The first kappa shape index (κ1) is 14.4. The SMILES string of the molecule is COCCNC(C)c1nnnn1-c1ccccc1OC. The lowest BCUT2D eigenvalue weighted by Crippen LogP contribution is -2.25. The van der Waals surface area contributed by atoms with Gasteiger partial charge in [-0.15, -0.1) is 5.10 Å². The van der Waals surface area contributed by atoms with Gasteiger partial charge in [-0.05, 0) is 29.5 Å². The molecule has 1 aromatic heterocycles. The highest BCUT2D eigenvalue weighted by Gasteiger charge is 2.17. The van der Waals surface area contributed by atoms with Crippen LogP contribution in [0, 0.1) is 0 Å². The van der Waals surface area contributed by atoms with Gasteiger partial charge in [-0.3, -0.25) is 0 Å². The molecule has 0 aliphatic rings. The molecule has 7 heteroatoms. The number of nitrogens with zero attached hydrogens (tertiary/aromatic N) is 4. The maximum atomic E-state index is 5.35. The lowest BCUT2D eigenvalue weighted by Gasteiger charge is -2.14. The molecule has 2 rings (SSSR count). The molecule has 1 unspecified atom stereocenters. The van der Waals surface area contributed by atoms with Crippen LogP contribution in [-0.2, 0) is 4.74 Å². The first-order valence-electron chi connectivity index (χ1n) is 6.42. The maximum Gasteiger partial charge on any atom is 0.173 e. The normalized spacial score (nSPS) is 12.3. The van der Waals surface area contributed by atoms with E-state index in [-0.39, 0.29) is 6.04 Å². The molecule has 0 saturated carbocycles. The number of benzene rings is 1. The molecular formula is C13H19N5O2. The first-order chi connectivity index (χ1) is 9.77. The molecule has 0 aliphatic carbocycles. The molecule has 2 aromatic rings. The summed E-state index contributed by atoms with van der Waals surface area (Å²) in [5, 5.41) is 15.2. The van der Waals surface area contributed by atoms with E-state index >= 15 is 0 Å². The summed E-state index contributed by atoms with van der Waals surface area (Å²) < 4.78 is 12.0. The zero-order valence-electron chi connectivity index (χ0n) is 11.9. The van der Waals surface area contributed by atoms with Gasteiger partial charge >= 0.3 is 0 Å². The minimum atomic E-state index is 0.00469. The molecule has 1 N–H and O–H groups in total. The summed E-state index contributed by atoms with van der Waals surface area (Å²) in [7, 11) is 3.30. The van der Waals surface area contributed by atoms with Gasteiger partial charge in [-0.2, -0.15) is 4.68 Å². The monoisotopic (exact) mass is 277 g/mol. The predicted molar refractivity (Wildman–Crippen MR) is 74.0 cm³/mol. The second-order valence-corrected chi connectivity index (χ2v) is 4.29. The van der Waals surface area contributed by atoms with Crippen LogP contribution in [-0.4, -0.2) is 47.6 Å². The third-order valence-electron chi connectivity index (χ3n) is 2.95.